The van der Waals surface area contributed by atoms with Gasteiger partial charge in [-0.3, -0.25) is 0 Å². The Labute approximate surface area is 96.7 Å². The fourth-order valence-electron chi connectivity index (χ4n) is 2.10. The number of hydrogen-bond donors (Lipinski definition) is 1. The van der Waals surface area contributed by atoms with Crippen molar-refractivity contribution in [3.8, 4) is 12.3 Å². The van der Waals surface area contributed by atoms with E-state index >= 15 is 0 Å². The molecule has 1 N–H and O–H groups in total. The largest absolute Gasteiger partial charge is 0.369 e. The average Bonchev–Trinajstić information content (AvgIpc) is 2.55. The summed E-state index contributed by atoms with van der Waals surface area (Å²) in [4.78, 5) is 8.69. The minimum atomic E-state index is 0.735. The van der Waals surface area contributed by atoms with E-state index in [-0.39, 0.29) is 0 Å². The fourth-order valence-corrected chi connectivity index (χ4v) is 2.10. The zero-order valence-electron chi connectivity index (χ0n) is 9.50. The Morgan fingerprint density at radius 1 is 1.25 bits per heavy atom. The van der Waals surface area contributed by atoms with Gasteiger partial charge >= 0.3 is 0 Å². The molecular formula is C13H17N3. The first-order chi connectivity index (χ1) is 7.92. The SMILES string of the molecule is C#CCCNc1ncnc2c1CCCCC2. The number of nitrogens with one attached hydrogen (secondary N) is 1. The first-order valence-corrected chi connectivity index (χ1v) is 5.92. The summed E-state index contributed by atoms with van der Waals surface area (Å²) in [7, 11) is 0. The van der Waals surface area contributed by atoms with Crippen LogP contribution in [0.15, 0.2) is 6.33 Å². The number of aryl methyl sites for hydroxylation is 1. The van der Waals surface area contributed by atoms with Gasteiger partial charge in [0.1, 0.15) is 12.1 Å². The maximum atomic E-state index is 5.23. The van der Waals surface area contributed by atoms with Crippen LogP contribution >= 0.6 is 0 Å². The highest BCUT2D eigenvalue weighted by Crippen LogP contribution is 2.23. The maximum absolute atomic E-state index is 5.23. The van der Waals surface area contributed by atoms with E-state index in [1.54, 1.807) is 6.33 Å². The molecule has 0 atom stereocenters. The van der Waals surface area contributed by atoms with Crippen molar-refractivity contribution in [2.75, 3.05) is 11.9 Å². The second-order valence-corrected chi connectivity index (χ2v) is 4.09. The highest BCUT2D eigenvalue weighted by molar-refractivity contribution is 5.46. The van der Waals surface area contributed by atoms with Gasteiger partial charge in [-0.25, -0.2) is 9.97 Å². The highest BCUT2D eigenvalue weighted by Gasteiger charge is 2.13. The number of nitrogens with zero attached hydrogens (tertiary/aromatic N) is 2. The molecule has 0 saturated heterocycles. The summed E-state index contributed by atoms with van der Waals surface area (Å²) in [5, 5.41) is 3.31. The predicted octanol–water partition coefficient (Wildman–Crippen LogP) is 2.18. The smallest absolute Gasteiger partial charge is 0.132 e. The molecule has 1 heterocycles. The van der Waals surface area contributed by atoms with E-state index < -0.39 is 0 Å². The molecule has 0 spiro atoms. The Hall–Kier alpha value is -1.56. The Morgan fingerprint density at radius 3 is 3.00 bits per heavy atom. The van der Waals surface area contributed by atoms with Crippen molar-refractivity contribution in [2.24, 2.45) is 0 Å². The van der Waals surface area contributed by atoms with Crippen LogP contribution in [-0.2, 0) is 12.8 Å². The van der Waals surface area contributed by atoms with Crippen LogP contribution in [0.4, 0.5) is 5.82 Å². The number of hydrogen-bond acceptors (Lipinski definition) is 3. The Bertz CT molecular complexity index is 393. The summed E-state index contributed by atoms with van der Waals surface area (Å²) in [5.74, 6) is 3.61. The summed E-state index contributed by atoms with van der Waals surface area (Å²) >= 11 is 0. The van der Waals surface area contributed by atoms with Gasteiger partial charge in [-0.15, -0.1) is 12.3 Å². The van der Waals surface area contributed by atoms with Gasteiger partial charge in [-0.1, -0.05) is 6.42 Å². The van der Waals surface area contributed by atoms with Crippen LogP contribution in [0.3, 0.4) is 0 Å². The quantitative estimate of drug-likeness (QED) is 0.477. The number of anilines is 1. The maximum Gasteiger partial charge on any atom is 0.132 e. The van der Waals surface area contributed by atoms with Crippen LogP contribution in [0, 0.1) is 12.3 Å². The number of aromatic nitrogens is 2. The van der Waals surface area contributed by atoms with Crippen LogP contribution in [0.25, 0.3) is 0 Å². The van der Waals surface area contributed by atoms with Crippen LogP contribution in [-0.4, -0.2) is 16.5 Å². The van der Waals surface area contributed by atoms with E-state index in [4.69, 9.17) is 6.42 Å². The molecule has 0 amide bonds. The first kappa shape index (κ1) is 10.9. The van der Waals surface area contributed by atoms with E-state index in [1.165, 1.54) is 30.5 Å². The van der Waals surface area contributed by atoms with Gasteiger partial charge in [0.2, 0.25) is 0 Å². The molecule has 0 saturated carbocycles. The Kier molecular flexibility index (Phi) is 3.76. The highest BCUT2D eigenvalue weighted by atomic mass is 15.0. The molecule has 3 nitrogen and oxygen atoms in total. The molecule has 1 aromatic rings. The topological polar surface area (TPSA) is 37.8 Å². The van der Waals surface area contributed by atoms with Crippen molar-refractivity contribution >= 4 is 5.82 Å². The lowest BCUT2D eigenvalue weighted by Crippen LogP contribution is -2.08. The molecule has 1 aromatic heterocycles. The van der Waals surface area contributed by atoms with Crippen molar-refractivity contribution in [3.63, 3.8) is 0 Å². The zero-order valence-corrected chi connectivity index (χ0v) is 9.50. The third-order valence-electron chi connectivity index (χ3n) is 2.94. The zero-order chi connectivity index (χ0) is 11.2. The molecule has 0 aromatic carbocycles. The third-order valence-corrected chi connectivity index (χ3v) is 2.94. The molecule has 0 radical (unpaired) electrons. The van der Waals surface area contributed by atoms with Crippen LogP contribution < -0.4 is 5.32 Å². The molecule has 0 aliphatic heterocycles. The second kappa shape index (κ2) is 5.50. The molecule has 0 unspecified atom stereocenters. The van der Waals surface area contributed by atoms with Gasteiger partial charge in [-0.05, 0) is 25.7 Å². The van der Waals surface area contributed by atoms with Gasteiger partial charge < -0.3 is 5.32 Å². The minimum absolute atomic E-state index is 0.735. The van der Waals surface area contributed by atoms with Crippen molar-refractivity contribution in [2.45, 2.75) is 38.5 Å². The summed E-state index contributed by atoms with van der Waals surface area (Å²) in [6.07, 6.45) is 13.6. The lowest BCUT2D eigenvalue weighted by atomic mass is 10.1. The van der Waals surface area contributed by atoms with Crippen molar-refractivity contribution in [3.05, 3.63) is 17.6 Å². The molecule has 1 aliphatic rings. The average molecular weight is 215 g/mol. The molecule has 3 heteroatoms. The standard InChI is InChI=1S/C13H17N3/c1-2-3-9-14-13-11-7-5-4-6-8-12(11)15-10-16-13/h1,10H,3-9H2,(H,14,15,16). The van der Waals surface area contributed by atoms with Gasteiger partial charge in [0.05, 0.1) is 0 Å². The Morgan fingerprint density at radius 2 is 2.12 bits per heavy atom. The molecule has 16 heavy (non-hydrogen) atoms. The van der Waals surface area contributed by atoms with E-state index in [9.17, 15) is 0 Å². The number of terminal acetylenes is 1. The third kappa shape index (κ3) is 2.52. The second-order valence-electron chi connectivity index (χ2n) is 4.09. The minimum Gasteiger partial charge on any atom is -0.369 e. The Balaban J connectivity index is 2.15. The summed E-state index contributed by atoms with van der Waals surface area (Å²) in [5.41, 5.74) is 2.52. The van der Waals surface area contributed by atoms with Gasteiger partial charge in [0.25, 0.3) is 0 Å². The summed E-state index contributed by atoms with van der Waals surface area (Å²) in [6, 6.07) is 0. The molecule has 0 bridgehead atoms. The summed E-state index contributed by atoms with van der Waals surface area (Å²) < 4.78 is 0. The summed E-state index contributed by atoms with van der Waals surface area (Å²) in [6.45, 7) is 0.792. The van der Waals surface area contributed by atoms with Gasteiger partial charge in [-0.2, -0.15) is 0 Å². The molecule has 2 rings (SSSR count). The van der Waals surface area contributed by atoms with E-state index in [0.29, 0.717) is 0 Å². The van der Waals surface area contributed by atoms with Gasteiger partial charge in [0, 0.05) is 24.2 Å². The molecule has 84 valence electrons. The fraction of sp³-hybridized carbons (Fsp3) is 0.538. The van der Waals surface area contributed by atoms with E-state index in [1.807, 2.05) is 0 Å². The van der Waals surface area contributed by atoms with Crippen molar-refractivity contribution in [1.82, 2.24) is 9.97 Å². The van der Waals surface area contributed by atoms with Crippen molar-refractivity contribution in [1.29, 1.82) is 0 Å². The lowest BCUT2D eigenvalue weighted by Gasteiger charge is -2.11. The van der Waals surface area contributed by atoms with Crippen molar-refractivity contribution < 1.29 is 0 Å². The van der Waals surface area contributed by atoms with E-state index in [2.05, 4.69) is 21.2 Å². The van der Waals surface area contributed by atoms with Crippen LogP contribution in [0.5, 0.6) is 0 Å². The first-order valence-electron chi connectivity index (χ1n) is 5.92. The normalized spacial score (nSPS) is 14.7. The number of fused-ring (bicyclic) bond motifs is 1. The van der Waals surface area contributed by atoms with Gasteiger partial charge in [0.15, 0.2) is 0 Å². The van der Waals surface area contributed by atoms with Crippen LogP contribution in [0.2, 0.25) is 0 Å². The lowest BCUT2D eigenvalue weighted by molar-refractivity contribution is 0.709. The molecule has 1 aliphatic carbocycles. The van der Waals surface area contributed by atoms with Crippen LogP contribution in [0.1, 0.15) is 36.9 Å². The predicted molar refractivity (Wildman–Crippen MR) is 65.2 cm³/mol. The number of rotatable bonds is 3. The molecular weight excluding hydrogens is 198 g/mol. The monoisotopic (exact) mass is 215 g/mol. The molecule has 0 fully saturated rings. The van der Waals surface area contributed by atoms with E-state index in [0.717, 1.165) is 31.6 Å².